The Morgan fingerprint density at radius 3 is 2.22 bits per heavy atom. The van der Waals surface area contributed by atoms with E-state index in [-0.39, 0.29) is 55.0 Å². The molecule has 0 spiro atoms. The number of likely N-dealkylation sites (N-methyl/N-ethyl adjacent to an activating group) is 1. The number of fused-ring (bicyclic) bond motifs is 1. The van der Waals surface area contributed by atoms with Crippen molar-refractivity contribution in [2.24, 2.45) is 11.8 Å². The number of rotatable bonds is 9. The molecule has 0 radical (unpaired) electrons. The van der Waals surface area contributed by atoms with Crippen LogP contribution < -0.4 is 5.32 Å². The quantitative estimate of drug-likeness (QED) is 0.416. The monoisotopic (exact) mass is 507 g/mol. The van der Waals surface area contributed by atoms with Gasteiger partial charge in [-0.15, -0.1) is 0 Å². The number of allylic oxidation sites excluding steroid dienone is 2. The van der Waals surface area contributed by atoms with E-state index >= 15 is 0 Å². The van der Waals surface area contributed by atoms with E-state index in [1.54, 1.807) is 12.1 Å². The Labute approximate surface area is 216 Å². The smallest absolute Gasteiger partial charge is 0.242 e. The molecule has 1 heterocycles. The average molecular weight is 508 g/mol. The van der Waals surface area contributed by atoms with Crippen molar-refractivity contribution in [3.63, 3.8) is 0 Å². The summed E-state index contributed by atoms with van der Waals surface area (Å²) in [5.41, 5.74) is 1.62. The minimum atomic E-state index is -0.794. The number of benzene rings is 2. The van der Waals surface area contributed by atoms with Gasteiger partial charge >= 0.3 is 0 Å². The lowest BCUT2D eigenvalue weighted by Crippen LogP contribution is -2.50. The van der Waals surface area contributed by atoms with Gasteiger partial charge in [-0.1, -0.05) is 72.3 Å². The highest BCUT2D eigenvalue weighted by Crippen LogP contribution is 2.35. The summed E-state index contributed by atoms with van der Waals surface area (Å²) < 4.78 is 0. The Bertz CT molecular complexity index is 1140. The molecule has 188 valence electrons. The maximum Gasteiger partial charge on any atom is 0.242 e. The molecule has 0 saturated carbocycles. The summed E-state index contributed by atoms with van der Waals surface area (Å²) in [5, 5.41) is 3.17. The van der Waals surface area contributed by atoms with Gasteiger partial charge in [0.25, 0.3) is 0 Å². The largest absolute Gasteiger partial charge is 0.357 e. The van der Waals surface area contributed by atoms with Gasteiger partial charge < -0.3 is 10.2 Å². The third kappa shape index (κ3) is 5.51. The summed E-state index contributed by atoms with van der Waals surface area (Å²) in [7, 11) is 1.54. The molecule has 0 bridgehead atoms. The number of hydrogen-bond donors (Lipinski definition) is 1. The first kappa shape index (κ1) is 25.6. The molecular weight excluding hydrogens is 478 g/mol. The second-order valence-electron chi connectivity index (χ2n) is 9.17. The highest BCUT2D eigenvalue weighted by atomic mass is 35.5. The lowest BCUT2D eigenvalue weighted by atomic mass is 9.85. The van der Waals surface area contributed by atoms with E-state index in [2.05, 4.69) is 5.32 Å². The molecule has 1 aliphatic heterocycles. The summed E-state index contributed by atoms with van der Waals surface area (Å²) in [4.78, 5) is 55.1. The molecule has 4 amide bonds. The van der Waals surface area contributed by atoms with E-state index in [1.807, 2.05) is 54.6 Å². The van der Waals surface area contributed by atoms with Gasteiger partial charge in [0.2, 0.25) is 23.6 Å². The lowest BCUT2D eigenvalue weighted by molar-refractivity contribution is -0.144. The summed E-state index contributed by atoms with van der Waals surface area (Å²) in [6.07, 6.45) is 5.21. The molecule has 1 fully saturated rings. The number of nitrogens with zero attached hydrogens (tertiary/aromatic N) is 2. The third-order valence-corrected chi connectivity index (χ3v) is 7.33. The molecule has 8 heteroatoms. The van der Waals surface area contributed by atoms with Gasteiger partial charge in [-0.3, -0.25) is 24.1 Å². The predicted octanol–water partition coefficient (Wildman–Crippen LogP) is 3.37. The number of carbonyl (C=O) groups excluding carboxylic acids is 4. The van der Waals surface area contributed by atoms with E-state index in [0.29, 0.717) is 29.8 Å². The molecule has 0 unspecified atom stereocenters. The molecule has 2 aromatic rings. The summed E-state index contributed by atoms with van der Waals surface area (Å²) >= 11 is 6.40. The second kappa shape index (κ2) is 11.5. The van der Waals surface area contributed by atoms with Crippen LogP contribution in [0.15, 0.2) is 66.7 Å². The second-order valence-corrected chi connectivity index (χ2v) is 9.57. The van der Waals surface area contributed by atoms with Crippen LogP contribution >= 0.6 is 11.6 Å². The molecule has 0 aromatic heterocycles. The van der Waals surface area contributed by atoms with Crippen LogP contribution in [0.1, 0.15) is 30.4 Å². The van der Waals surface area contributed by atoms with Crippen molar-refractivity contribution < 1.29 is 19.2 Å². The normalized spacial score (nSPS) is 19.7. The van der Waals surface area contributed by atoms with Crippen LogP contribution in [0.2, 0.25) is 5.02 Å². The van der Waals surface area contributed by atoms with Crippen molar-refractivity contribution in [3.05, 3.63) is 82.9 Å². The van der Waals surface area contributed by atoms with Crippen molar-refractivity contribution in [2.75, 3.05) is 13.6 Å². The number of carbonyl (C=O) groups is 4. The Hall–Kier alpha value is -3.45. The topological polar surface area (TPSA) is 86.8 Å². The first-order valence-electron chi connectivity index (χ1n) is 12.2. The fraction of sp³-hybridized carbons (Fsp3) is 0.357. The number of amides is 4. The highest BCUT2D eigenvalue weighted by Gasteiger charge is 2.47. The first-order valence-corrected chi connectivity index (χ1v) is 12.6. The van der Waals surface area contributed by atoms with Crippen LogP contribution in [0.4, 0.5) is 0 Å². The molecular formula is C28H30ClN3O4. The number of imide groups is 1. The molecule has 36 heavy (non-hydrogen) atoms. The molecule has 2 aromatic carbocycles. The summed E-state index contributed by atoms with van der Waals surface area (Å²) in [6, 6.07) is 15.9. The van der Waals surface area contributed by atoms with Crippen LogP contribution in [-0.2, 0) is 32.1 Å². The van der Waals surface area contributed by atoms with Crippen LogP contribution in [0, 0.1) is 11.8 Å². The summed E-state index contributed by atoms with van der Waals surface area (Å²) in [6.45, 7) is 0.120. The summed E-state index contributed by atoms with van der Waals surface area (Å²) in [5.74, 6) is -1.74. The van der Waals surface area contributed by atoms with E-state index in [4.69, 9.17) is 11.6 Å². The maximum absolute atomic E-state index is 13.6. The molecule has 1 N–H and O–H groups in total. The van der Waals surface area contributed by atoms with Gasteiger partial charge in [0, 0.05) is 38.0 Å². The predicted molar refractivity (Wildman–Crippen MR) is 137 cm³/mol. The zero-order valence-corrected chi connectivity index (χ0v) is 21.0. The molecule has 1 aliphatic carbocycles. The fourth-order valence-electron chi connectivity index (χ4n) is 4.97. The Balaban J connectivity index is 1.57. The van der Waals surface area contributed by atoms with Crippen molar-refractivity contribution in [1.29, 1.82) is 0 Å². The van der Waals surface area contributed by atoms with Crippen LogP contribution in [0.3, 0.4) is 0 Å². The number of nitrogens with one attached hydrogen (secondary N) is 1. The molecule has 1 saturated heterocycles. The Morgan fingerprint density at radius 2 is 1.61 bits per heavy atom. The molecule has 2 aliphatic rings. The van der Waals surface area contributed by atoms with Crippen LogP contribution in [0.5, 0.6) is 0 Å². The number of likely N-dealkylation sites (tertiary alicyclic amines) is 1. The zero-order valence-electron chi connectivity index (χ0n) is 20.2. The van der Waals surface area contributed by atoms with Crippen molar-refractivity contribution in [3.8, 4) is 0 Å². The van der Waals surface area contributed by atoms with E-state index in [9.17, 15) is 19.2 Å². The van der Waals surface area contributed by atoms with Crippen molar-refractivity contribution in [1.82, 2.24) is 15.1 Å². The molecule has 3 atom stereocenters. The Kier molecular flexibility index (Phi) is 8.21. The highest BCUT2D eigenvalue weighted by molar-refractivity contribution is 6.31. The van der Waals surface area contributed by atoms with Crippen LogP contribution in [0.25, 0.3) is 0 Å². The van der Waals surface area contributed by atoms with E-state index < -0.39 is 6.04 Å². The van der Waals surface area contributed by atoms with Gasteiger partial charge in [-0.2, -0.15) is 0 Å². The SMILES string of the molecule is CNC(=O)[C@H](Cc1ccccc1)N(Cc1ccccc1Cl)C(=O)CCN1C(=O)[C@H]2CC=CC[C@H]2C1=O. The van der Waals surface area contributed by atoms with Crippen molar-refractivity contribution >= 4 is 35.2 Å². The van der Waals surface area contributed by atoms with Gasteiger partial charge in [0.15, 0.2) is 0 Å². The van der Waals surface area contributed by atoms with E-state index in [1.165, 1.54) is 16.8 Å². The standard InChI is InChI=1S/C28H30ClN3O4/c1-30-26(34)24(17-19-9-3-2-4-10-19)32(18-20-11-5-8-14-23(20)29)25(33)15-16-31-27(35)21-12-6-7-13-22(21)28(31)36/h2-11,14,21-22,24H,12-13,15-18H2,1H3,(H,30,34)/t21-,22+,24-/m0/s1. The number of halogens is 1. The first-order chi connectivity index (χ1) is 17.4. The zero-order chi connectivity index (χ0) is 25.7. The minimum Gasteiger partial charge on any atom is -0.357 e. The third-order valence-electron chi connectivity index (χ3n) is 6.96. The molecule has 4 rings (SSSR count). The fourth-order valence-corrected chi connectivity index (χ4v) is 5.17. The van der Waals surface area contributed by atoms with Gasteiger partial charge in [0.1, 0.15) is 6.04 Å². The Morgan fingerprint density at radius 1 is 1.00 bits per heavy atom. The van der Waals surface area contributed by atoms with Crippen molar-refractivity contribution in [2.45, 2.75) is 38.3 Å². The molecule has 7 nitrogen and oxygen atoms in total. The maximum atomic E-state index is 13.6. The lowest BCUT2D eigenvalue weighted by Gasteiger charge is -2.32. The van der Waals surface area contributed by atoms with E-state index in [0.717, 1.165) is 5.56 Å². The van der Waals surface area contributed by atoms with Gasteiger partial charge in [-0.05, 0) is 30.0 Å². The van der Waals surface area contributed by atoms with Gasteiger partial charge in [-0.25, -0.2) is 0 Å². The van der Waals surface area contributed by atoms with Gasteiger partial charge in [0.05, 0.1) is 11.8 Å². The van der Waals surface area contributed by atoms with Crippen LogP contribution in [-0.4, -0.2) is 53.1 Å². The number of hydrogen-bond acceptors (Lipinski definition) is 4. The average Bonchev–Trinajstić information content (AvgIpc) is 3.15. The minimum absolute atomic E-state index is 0.00563.